The molecule has 23 heavy (non-hydrogen) atoms. The van der Waals surface area contributed by atoms with Gasteiger partial charge >= 0.3 is 0 Å². The summed E-state index contributed by atoms with van der Waals surface area (Å²) in [5.41, 5.74) is 0. The molecule has 0 aliphatic rings. The van der Waals surface area contributed by atoms with E-state index < -0.39 is 0 Å². The van der Waals surface area contributed by atoms with Gasteiger partial charge in [0.15, 0.2) is 0 Å². The van der Waals surface area contributed by atoms with Gasteiger partial charge in [0.05, 0.1) is 6.61 Å². The lowest BCUT2D eigenvalue weighted by Gasteiger charge is -2.05. The van der Waals surface area contributed by atoms with Crippen molar-refractivity contribution in [1.82, 2.24) is 10.2 Å². The molecular formula is C16H20ClN3O2S. The second-order valence-electron chi connectivity index (χ2n) is 5.06. The van der Waals surface area contributed by atoms with Gasteiger partial charge in [0.25, 0.3) is 0 Å². The van der Waals surface area contributed by atoms with Crippen molar-refractivity contribution in [3.05, 3.63) is 34.3 Å². The first-order valence-electron chi connectivity index (χ1n) is 7.68. The minimum atomic E-state index is -0.0668. The Labute approximate surface area is 145 Å². The molecule has 0 saturated carbocycles. The third-order valence-electron chi connectivity index (χ3n) is 3.09. The summed E-state index contributed by atoms with van der Waals surface area (Å²) < 4.78 is 5.55. The molecule has 0 bridgehead atoms. The summed E-state index contributed by atoms with van der Waals surface area (Å²) >= 11 is 7.24. The van der Waals surface area contributed by atoms with Crippen LogP contribution in [0.2, 0.25) is 5.02 Å². The molecule has 0 radical (unpaired) electrons. The number of rotatable bonds is 9. The Hall–Kier alpha value is -1.66. The van der Waals surface area contributed by atoms with Crippen molar-refractivity contribution in [2.75, 3.05) is 11.9 Å². The standard InChI is InChI=1S/C16H20ClN3O2S/c1-2-3-6-15-19-20-16(23-15)18-14(21)5-4-11-22-13-9-7-12(17)8-10-13/h7-10H,2-6,11H2,1H3,(H,18,20,21). The molecule has 0 unspecified atom stereocenters. The number of halogens is 1. The van der Waals surface area contributed by atoms with E-state index in [4.69, 9.17) is 16.3 Å². The molecule has 0 saturated heterocycles. The number of benzene rings is 1. The van der Waals surface area contributed by atoms with Crippen LogP contribution in [0.25, 0.3) is 0 Å². The molecule has 1 heterocycles. The summed E-state index contributed by atoms with van der Waals surface area (Å²) in [5.74, 6) is 0.683. The molecule has 0 fully saturated rings. The minimum Gasteiger partial charge on any atom is -0.494 e. The highest BCUT2D eigenvalue weighted by molar-refractivity contribution is 7.15. The number of carbonyl (C=O) groups is 1. The predicted molar refractivity (Wildman–Crippen MR) is 93.3 cm³/mol. The summed E-state index contributed by atoms with van der Waals surface area (Å²) in [5, 5.41) is 13.0. The molecule has 1 aromatic carbocycles. The average molecular weight is 354 g/mol. The first-order chi connectivity index (χ1) is 11.2. The number of aryl methyl sites for hydroxylation is 1. The molecule has 0 aliphatic heterocycles. The van der Waals surface area contributed by atoms with E-state index >= 15 is 0 Å². The molecule has 2 aromatic rings. The molecule has 1 amide bonds. The molecule has 7 heteroatoms. The molecule has 124 valence electrons. The maximum Gasteiger partial charge on any atom is 0.226 e. The van der Waals surface area contributed by atoms with E-state index in [0.717, 1.165) is 30.0 Å². The van der Waals surface area contributed by atoms with Crippen LogP contribution >= 0.6 is 22.9 Å². The van der Waals surface area contributed by atoms with Crippen LogP contribution in [-0.4, -0.2) is 22.7 Å². The van der Waals surface area contributed by atoms with Gasteiger partial charge in [-0.2, -0.15) is 0 Å². The topological polar surface area (TPSA) is 64.1 Å². The van der Waals surface area contributed by atoms with Gasteiger partial charge in [0.2, 0.25) is 11.0 Å². The van der Waals surface area contributed by atoms with Crippen molar-refractivity contribution in [3.63, 3.8) is 0 Å². The van der Waals surface area contributed by atoms with Crippen LogP contribution in [-0.2, 0) is 11.2 Å². The van der Waals surface area contributed by atoms with Gasteiger partial charge in [0.1, 0.15) is 10.8 Å². The second-order valence-corrected chi connectivity index (χ2v) is 6.56. The van der Waals surface area contributed by atoms with Gasteiger partial charge in [-0.25, -0.2) is 0 Å². The van der Waals surface area contributed by atoms with E-state index in [1.54, 1.807) is 12.1 Å². The Morgan fingerprint density at radius 3 is 2.78 bits per heavy atom. The summed E-state index contributed by atoms with van der Waals surface area (Å²) in [6, 6.07) is 7.16. The number of anilines is 1. The van der Waals surface area contributed by atoms with Crippen molar-refractivity contribution in [2.24, 2.45) is 0 Å². The Morgan fingerprint density at radius 2 is 2.04 bits per heavy atom. The van der Waals surface area contributed by atoms with Crippen molar-refractivity contribution in [2.45, 2.75) is 39.0 Å². The number of hydrogen-bond acceptors (Lipinski definition) is 5. The van der Waals surface area contributed by atoms with Crippen LogP contribution in [0.15, 0.2) is 24.3 Å². The minimum absolute atomic E-state index is 0.0668. The fourth-order valence-electron chi connectivity index (χ4n) is 1.87. The molecule has 5 nitrogen and oxygen atoms in total. The predicted octanol–water partition coefficient (Wildman–Crippen LogP) is 4.33. The molecule has 1 N–H and O–H groups in total. The van der Waals surface area contributed by atoms with Crippen LogP contribution in [0.5, 0.6) is 5.75 Å². The zero-order chi connectivity index (χ0) is 16.5. The van der Waals surface area contributed by atoms with E-state index in [1.807, 2.05) is 12.1 Å². The molecule has 2 rings (SSSR count). The Bertz CT molecular complexity index is 616. The normalized spacial score (nSPS) is 10.5. The van der Waals surface area contributed by atoms with Gasteiger partial charge in [0, 0.05) is 17.9 Å². The summed E-state index contributed by atoms with van der Waals surface area (Å²) in [4.78, 5) is 11.8. The van der Waals surface area contributed by atoms with Crippen molar-refractivity contribution < 1.29 is 9.53 Å². The van der Waals surface area contributed by atoms with E-state index in [0.29, 0.717) is 29.6 Å². The van der Waals surface area contributed by atoms with Crippen molar-refractivity contribution in [1.29, 1.82) is 0 Å². The highest BCUT2D eigenvalue weighted by Gasteiger charge is 2.08. The number of hydrogen-bond donors (Lipinski definition) is 1. The maximum atomic E-state index is 11.8. The number of nitrogens with zero attached hydrogens (tertiary/aromatic N) is 2. The summed E-state index contributed by atoms with van der Waals surface area (Å²) in [6.07, 6.45) is 4.14. The van der Waals surface area contributed by atoms with E-state index in [2.05, 4.69) is 22.4 Å². The highest BCUT2D eigenvalue weighted by atomic mass is 35.5. The largest absolute Gasteiger partial charge is 0.494 e. The molecule has 0 atom stereocenters. The Balaban J connectivity index is 1.64. The van der Waals surface area contributed by atoms with Crippen molar-refractivity contribution in [3.8, 4) is 5.75 Å². The fourth-order valence-corrected chi connectivity index (χ4v) is 2.79. The zero-order valence-electron chi connectivity index (χ0n) is 13.0. The SMILES string of the molecule is CCCCc1nnc(NC(=O)CCCOc2ccc(Cl)cc2)s1. The zero-order valence-corrected chi connectivity index (χ0v) is 14.6. The number of carbonyl (C=O) groups excluding carboxylic acids is 1. The average Bonchev–Trinajstić information content (AvgIpc) is 2.98. The van der Waals surface area contributed by atoms with Crippen LogP contribution in [0.1, 0.15) is 37.6 Å². The van der Waals surface area contributed by atoms with Crippen LogP contribution in [0.4, 0.5) is 5.13 Å². The first kappa shape index (κ1) is 17.7. The fraction of sp³-hybridized carbons (Fsp3) is 0.438. The van der Waals surface area contributed by atoms with Crippen LogP contribution in [0, 0.1) is 0 Å². The number of unbranched alkanes of at least 4 members (excludes halogenated alkanes) is 1. The second kappa shape index (κ2) is 9.47. The van der Waals surface area contributed by atoms with Gasteiger partial charge in [-0.15, -0.1) is 10.2 Å². The third-order valence-corrected chi connectivity index (χ3v) is 4.24. The van der Waals surface area contributed by atoms with E-state index in [-0.39, 0.29) is 5.91 Å². The van der Waals surface area contributed by atoms with E-state index in [1.165, 1.54) is 11.3 Å². The van der Waals surface area contributed by atoms with Gasteiger partial charge in [-0.3, -0.25) is 4.79 Å². The first-order valence-corrected chi connectivity index (χ1v) is 8.87. The monoisotopic (exact) mass is 353 g/mol. The molecule has 0 spiro atoms. The number of ether oxygens (including phenoxy) is 1. The quantitative estimate of drug-likeness (QED) is 0.681. The van der Waals surface area contributed by atoms with Crippen LogP contribution in [0.3, 0.4) is 0 Å². The third kappa shape index (κ3) is 6.54. The lowest BCUT2D eigenvalue weighted by molar-refractivity contribution is -0.116. The summed E-state index contributed by atoms with van der Waals surface area (Å²) in [7, 11) is 0. The molecule has 0 aliphatic carbocycles. The van der Waals surface area contributed by atoms with Gasteiger partial charge in [-0.1, -0.05) is 36.3 Å². The van der Waals surface area contributed by atoms with E-state index in [9.17, 15) is 4.79 Å². The number of amides is 1. The van der Waals surface area contributed by atoms with Gasteiger partial charge in [-0.05, 0) is 37.1 Å². The van der Waals surface area contributed by atoms with Crippen molar-refractivity contribution >= 4 is 34.0 Å². The molecule has 1 aromatic heterocycles. The maximum absolute atomic E-state index is 11.8. The Morgan fingerprint density at radius 1 is 1.26 bits per heavy atom. The lowest BCUT2D eigenvalue weighted by Crippen LogP contribution is -2.12. The lowest BCUT2D eigenvalue weighted by atomic mass is 10.3. The van der Waals surface area contributed by atoms with Gasteiger partial charge < -0.3 is 10.1 Å². The summed E-state index contributed by atoms with van der Waals surface area (Å²) in [6.45, 7) is 2.61. The number of aromatic nitrogens is 2. The number of nitrogens with one attached hydrogen (secondary N) is 1. The molecular weight excluding hydrogens is 334 g/mol. The highest BCUT2D eigenvalue weighted by Crippen LogP contribution is 2.18. The Kier molecular flexibility index (Phi) is 7.29. The van der Waals surface area contributed by atoms with Crippen LogP contribution < -0.4 is 10.1 Å². The smallest absolute Gasteiger partial charge is 0.226 e.